The van der Waals surface area contributed by atoms with Gasteiger partial charge in [-0.2, -0.15) is 0 Å². The van der Waals surface area contributed by atoms with Gasteiger partial charge in [-0.3, -0.25) is 4.90 Å². The number of likely N-dealkylation sites (tertiary alicyclic amines) is 1. The van der Waals surface area contributed by atoms with Gasteiger partial charge in [0.15, 0.2) is 0 Å². The second-order valence-corrected chi connectivity index (χ2v) is 7.05. The van der Waals surface area contributed by atoms with Gasteiger partial charge in [-0.05, 0) is 44.8 Å². The maximum atomic E-state index is 10.4. The number of β-amino-alcohol motifs (C(OH)–C–C–N with tert-alkyl or cyclic N) is 1. The van der Waals surface area contributed by atoms with E-state index >= 15 is 0 Å². The van der Waals surface area contributed by atoms with Gasteiger partial charge in [0.05, 0.1) is 12.1 Å². The maximum Gasteiger partial charge on any atom is 0.225 e. The Morgan fingerprint density at radius 2 is 1.82 bits per heavy atom. The van der Waals surface area contributed by atoms with E-state index in [0.29, 0.717) is 12.5 Å². The van der Waals surface area contributed by atoms with Crippen molar-refractivity contribution in [3.63, 3.8) is 0 Å². The van der Waals surface area contributed by atoms with Crippen molar-refractivity contribution < 1.29 is 5.11 Å². The molecule has 1 saturated carbocycles. The first kappa shape index (κ1) is 14.4. The van der Waals surface area contributed by atoms with Crippen LogP contribution in [0.15, 0.2) is 12.3 Å². The molecular weight excluding hydrogens is 276 g/mol. The molecule has 2 atom stereocenters. The highest BCUT2D eigenvalue weighted by molar-refractivity contribution is 5.34. The van der Waals surface area contributed by atoms with Gasteiger partial charge < -0.3 is 10.0 Å². The molecule has 0 amide bonds. The Morgan fingerprint density at radius 3 is 2.59 bits per heavy atom. The van der Waals surface area contributed by atoms with Crippen LogP contribution in [0.2, 0.25) is 0 Å². The van der Waals surface area contributed by atoms with E-state index in [0.717, 1.165) is 25.6 Å². The minimum atomic E-state index is -0.281. The summed E-state index contributed by atoms with van der Waals surface area (Å²) in [5, 5.41) is 10.4. The van der Waals surface area contributed by atoms with Crippen molar-refractivity contribution in [2.75, 3.05) is 31.1 Å². The number of nitrogens with zero attached hydrogens (tertiary/aromatic N) is 4. The maximum absolute atomic E-state index is 10.4. The zero-order valence-electron chi connectivity index (χ0n) is 13.2. The third-order valence-corrected chi connectivity index (χ3v) is 5.59. The molecule has 0 aromatic carbocycles. The Bertz CT molecular complexity index is 511. The Labute approximate surface area is 132 Å². The summed E-state index contributed by atoms with van der Waals surface area (Å²) in [5.41, 5.74) is 1.20. The summed E-state index contributed by atoms with van der Waals surface area (Å²) in [5.74, 6) is 1.42. The van der Waals surface area contributed by atoms with Crippen LogP contribution in [0.5, 0.6) is 0 Å². The van der Waals surface area contributed by atoms with Crippen LogP contribution in [0.1, 0.15) is 50.1 Å². The quantitative estimate of drug-likeness (QED) is 0.922. The molecule has 3 fully saturated rings. The molecule has 5 heteroatoms. The van der Waals surface area contributed by atoms with E-state index in [2.05, 4.69) is 20.9 Å². The number of anilines is 1. The lowest BCUT2D eigenvalue weighted by Crippen LogP contribution is -2.41. The van der Waals surface area contributed by atoms with Gasteiger partial charge in [0, 0.05) is 30.9 Å². The highest BCUT2D eigenvalue weighted by Crippen LogP contribution is 2.33. The fraction of sp³-hybridized carbons (Fsp3) is 0.765. The number of hydrogen-bond donors (Lipinski definition) is 1. The third-order valence-electron chi connectivity index (χ3n) is 5.59. The van der Waals surface area contributed by atoms with Crippen LogP contribution >= 0.6 is 0 Å². The van der Waals surface area contributed by atoms with Gasteiger partial charge in [0.1, 0.15) is 0 Å². The van der Waals surface area contributed by atoms with Gasteiger partial charge in [0.25, 0.3) is 0 Å². The van der Waals surface area contributed by atoms with Crippen LogP contribution < -0.4 is 4.90 Å². The lowest BCUT2D eigenvalue weighted by molar-refractivity contribution is 0.0986. The molecule has 4 rings (SSSR count). The van der Waals surface area contributed by atoms with E-state index in [1.165, 1.54) is 44.2 Å². The lowest BCUT2D eigenvalue weighted by atomic mass is 10.0. The predicted octanol–water partition coefficient (Wildman–Crippen LogP) is 1.78. The number of aliphatic hydroxyl groups excluding tert-OH is 1. The third kappa shape index (κ3) is 2.72. The van der Waals surface area contributed by atoms with Crippen LogP contribution in [0.4, 0.5) is 5.95 Å². The molecule has 1 aromatic heterocycles. The number of rotatable bonds is 3. The van der Waals surface area contributed by atoms with E-state index in [1.54, 1.807) is 0 Å². The summed E-state index contributed by atoms with van der Waals surface area (Å²) in [6.07, 6.45) is 9.30. The summed E-state index contributed by atoms with van der Waals surface area (Å²) in [6.45, 7) is 3.77. The Kier molecular flexibility index (Phi) is 4.01. The fourth-order valence-corrected chi connectivity index (χ4v) is 4.33. The van der Waals surface area contributed by atoms with Gasteiger partial charge in [-0.1, -0.05) is 12.8 Å². The molecule has 3 heterocycles. The first-order valence-electron chi connectivity index (χ1n) is 8.81. The van der Waals surface area contributed by atoms with E-state index in [-0.39, 0.29) is 12.1 Å². The Hall–Kier alpha value is -1.20. The summed E-state index contributed by atoms with van der Waals surface area (Å²) < 4.78 is 0. The molecule has 1 aliphatic carbocycles. The van der Waals surface area contributed by atoms with E-state index in [9.17, 15) is 5.11 Å². The van der Waals surface area contributed by atoms with Crippen molar-refractivity contribution >= 4 is 5.95 Å². The first-order chi connectivity index (χ1) is 10.8. The monoisotopic (exact) mass is 302 g/mol. The molecule has 120 valence electrons. The van der Waals surface area contributed by atoms with Crippen LogP contribution in [0.25, 0.3) is 0 Å². The van der Waals surface area contributed by atoms with E-state index in [4.69, 9.17) is 4.98 Å². The zero-order valence-corrected chi connectivity index (χ0v) is 13.2. The van der Waals surface area contributed by atoms with Crippen LogP contribution in [-0.4, -0.2) is 58.3 Å². The number of aromatic nitrogens is 2. The van der Waals surface area contributed by atoms with Crippen LogP contribution in [0.3, 0.4) is 0 Å². The highest BCUT2D eigenvalue weighted by Gasteiger charge is 2.37. The number of aliphatic hydroxyl groups is 1. The van der Waals surface area contributed by atoms with Crippen molar-refractivity contribution in [1.29, 1.82) is 0 Å². The summed E-state index contributed by atoms with van der Waals surface area (Å²) in [7, 11) is 0. The van der Waals surface area contributed by atoms with Crippen molar-refractivity contribution in [1.82, 2.24) is 14.9 Å². The summed E-state index contributed by atoms with van der Waals surface area (Å²) in [6, 6.07) is 2.32. The van der Waals surface area contributed by atoms with Crippen molar-refractivity contribution in [2.45, 2.75) is 56.6 Å². The minimum Gasteiger partial charge on any atom is -0.390 e. The first-order valence-corrected chi connectivity index (χ1v) is 8.81. The van der Waals surface area contributed by atoms with Crippen LogP contribution in [0, 0.1) is 0 Å². The largest absolute Gasteiger partial charge is 0.390 e. The van der Waals surface area contributed by atoms with Gasteiger partial charge in [0.2, 0.25) is 5.95 Å². The minimum absolute atomic E-state index is 0.251. The van der Waals surface area contributed by atoms with Gasteiger partial charge >= 0.3 is 0 Å². The lowest BCUT2D eigenvalue weighted by Gasteiger charge is -2.25. The molecule has 0 unspecified atom stereocenters. The molecule has 22 heavy (non-hydrogen) atoms. The van der Waals surface area contributed by atoms with Crippen molar-refractivity contribution in [3.05, 3.63) is 18.0 Å². The summed E-state index contributed by atoms with van der Waals surface area (Å²) >= 11 is 0. The number of hydrogen-bond acceptors (Lipinski definition) is 5. The Balaban J connectivity index is 1.49. The average molecular weight is 302 g/mol. The molecule has 5 nitrogen and oxygen atoms in total. The molecular formula is C17H26N4O. The second-order valence-electron chi connectivity index (χ2n) is 7.05. The fourth-order valence-electron chi connectivity index (χ4n) is 4.33. The molecule has 0 bridgehead atoms. The SMILES string of the molecule is O[C@H]1CN(c2nccc(C3CCCC3)n2)C[C@@H]1N1CCCC1. The molecule has 2 aliphatic heterocycles. The van der Waals surface area contributed by atoms with Crippen LogP contribution in [-0.2, 0) is 0 Å². The molecule has 0 radical (unpaired) electrons. The van der Waals surface area contributed by atoms with E-state index < -0.39 is 0 Å². The average Bonchev–Trinajstić information content (AvgIpc) is 3.29. The van der Waals surface area contributed by atoms with Gasteiger partial charge in [-0.25, -0.2) is 9.97 Å². The standard InChI is InChI=1S/C17H26N4O/c22-16-12-21(11-15(16)20-9-3-4-10-20)17-18-8-7-14(19-17)13-5-1-2-6-13/h7-8,13,15-16,22H,1-6,9-12H2/t15-,16-/m0/s1. The predicted molar refractivity (Wildman–Crippen MR) is 86.1 cm³/mol. The zero-order chi connectivity index (χ0) is 14.9. The summed E-state index contributed by atoms with van der Waals surface area (Å²) in [4.78, 5) is 13.9. The molecule has 1 N–H and O–H groups in total. The molecule has 3 aliphatic rings. The molecule has 0 spiro atoms. The van der Waals surface area contributed by atoms with Gasteiger partial charge in [-0.15, -0.1) is 0 Å². The van der Waals surface area contributed by atoms with Crippen molar-refractivity contribution in [3.8, 4) is 0 Å². The second kappa shape index (κ2) is 6.13. The van der Waals surface area contributed by atoms with E-state index in [1.807, 2.05) is 6.20 Å². The smallest absolute Gasteiger partial charge is 0.225 e. The Morgan fingerprint density at radius 1 is 1.05 bits per heavy atom. The normalized spacial score (nSPS) is 30.5. The molecule has 1 aromatic rings. The van der Waals surface area contributed by atoms with Crippen molar-refractivity contribution in [2.24, 2.45) is 0 Å². The highest BCUT2D eigenvalue weighted by atomic mass is 16.3. The topological polar surface area (TPSA) is 52.5 Å². The molecule has 2 saturated heterocycles.